The fraction of sp³-hybridized carbons (Fsp3) is 0.562. The van der Waals surface area contributed by atoms with Crippen molar-refractivity contribution in [3.05, 3.63) is 28.8 Å². The summed E-state index contributed by atoms with van der Waals surface area (Å²) in [5.74, 6) is 0.796. The zero-order valence-corrected chi connectivity index (χ0v) is 13.0. The van der Waals surface area contributed by atoms with Gasteiger partial charge in [0, 0.05) is 30.3 Å². The lowest BCUT2D eigenvalue weighted by Gasteiger charge is -2.23. The third-order valence-corrected chi connectivity index (χ3v) is 3.77. The van der Waals surface area contributed by atoms with E-state index in [9.17, 15) is 4.79 Å². The van der Waals surface area contributed by atoms with Gasteiger partial charge in [-0.05, 0) is 50.3 Å². The number of hydrogen-bond acceptors (Lipinski definition) is 2. The van der Waals surface area contributed by atoms with Crippen molar-refractivity contribution >= 4 is 23.2 Å². The highest BCUT2D eigenvalue weighted by atomic mass is 35.5. The first-order valence-corrected chi connectivity index (χ1v) is 7.86. The number of nitrogens with one attached hydrogen (secondary N) is 1. The van der Waals surface area contributed by atoms with E-state index in [-0.39, 0.29) is 5.91 Å². The number of hydrogen-bond donors (Lipinski definition) is 1. The van der Waals surface area contributed by atoms with E-state index in [1.807, 2.05) is 24.0 Å². The summed E-state index contributed by atoms with van der Waals surface area (Å²) in [4.78, 5) is 14.7. The van der Waals surface area contributed by atoms with Gasteiger partial charge in [-0.2, -0.15) is 0 Å². The highest BCUT2D eigenvalue weighted by Gasteiger charge is 2.27. The first-order valence-electron chi connectivity index (χ1n) is 7.48. The summed E-state index contributed by atoms with van der Waals surface area (Å²) in [6, 6.07) is 5.49. The number of halogens is 1. The van der Waals surface area contributed by atoms with Crippen molar-refractivity contribution in [1.29, 1.82) is 0 Å². The topological polar surface area (TPSA) is 32.3 Å². The Labute approximate surface area is 126 Å². The summed E-state index contributed by atoms with van der Waals surface area (Å²) < 4.78 is 0. The third kappa shape index (κ3) is 3.89. The van der Waals surface area contributed by atoms with Gasteiger partial charge in [0.05, 0.1) is 5.56 Å². The van der Waals surface area contributed by atoms with Crippen LogP contribution >= 0.6 is 11.6 Å². The Morgan fingerprint density at radius 2 is 2.15 bits per heavy atom. The Hall–Kier alpha value is -1.22. The van der Waals surface area contributed by atoms with Crippen LogP contribution < -0.4 is 5.32 Å². The lowest BCUT2D eigenvalue weighted by molar-refractivity contribution is 0.0748. The second-order valence-electron chi connectivity index (χ2n) is 5.41. The second-order valence-corrected chi connectivity index (χ2v) is 5.85. The molecule has 0 saturated heterocycles. The summed E-state index contributed by atoms with van der Waals surface area (Å²) in [5, 5.41) is 3.85. The van der Waals surface area contributed by atoms with Crippen LogP contribution in [0.1, 0.15) is 43.5 Å². The van der Waals surface area contributed by atoms with Gasteiger partial charge in [0.25, 0.3) is 5.91 Å². The molecule has 0 bridgehead atoms. The predicted molar refractivity (Wildman–Crippen MR) is 84.5 cm³/mol. The Morgan fingerprint density at radius 3 is 2.75 bits per heavy atom. The standard InChI is InChI=1S/C16H23ClN2O/c1-3-9-19(11-12-5-6-12)16(20)14-10-13(17)7-8-15(14)18-4-2/h7-8,10,12,18H,3-6,9,11H2,1-2H3. The van der Waals surface area contributed by atoms with Crippen molar-refractivity contribution in [1.82, 2.24) is 4.90 Å². The molecule has 1 fully saturated rings. The van der Waals surface area contributed by atoms with Crippen LogP contribution in [0, 0.1) is 5.92 Å². The van der Waals surface area contributed by atoms with Crippen LogP contribution in [0.15, 0.2) is 18.2 Å². The molecule has 20 heavy (non-hydrogen) atoms. The molecule has 1 amide bonds. The molecular formula is C16H23ClN2O. The van der Waals surface area contributed by atoms with Crippen LogP contribution in [0.25, 0.3) is 0 Å². The van der Waals surface area contributed by atoms with Gasteiger partial charge >= 0.3 is 0 Å². The van der Waals surface area contributed by atoms with Crippen LogP contribution in [0.4, 0.5) is 5.69 Å². The number of amides is 1. The van der Waals surface area contributed by atoms with Gasteiger partial charge in [-0.3, -0.25) is 4.79 Å². The molecule has 0 aromatic heterocycles. The monoisotopic (exact) mass is 294 g/mol. The molecule has 1 aliphatic carbocycles. The van der Waals surface area contributed by atoms with Crippen LogP contribution in [0.2, 0.25) is 5.02 Å². The largest absolute Gasteiger partial charge is 0.385 e. The van der Waals surface area contributed by atoms with Gasteiger partial charge in [-0.25, -0.2) is 0 Å². The van der Waals surface area contributed by atoms with E-state index in [0.29, 0.717) is 16.5 Å². The Bertz CT molecular complexity index is 472. The van der Waals surface area contributed by atoms with Gasteiger partial charge in [-0.15, -0.1) is 0 Å². The minimum Gasteiger partial charge on any atom is -0.385 e. The van der Waals surface area contributed by atoms with E-state index in [1.165, 1.54) is 12.8 Å². The molecule has 4 heteroatoms. The summed E-state index contributed by atoms with van der Waals surface area (Å²) >= 11 is 6.06. The zero-order valence-electron chi connectivity index (χ0n) is 12.3. The maximum atomic E-state index is 12.8. The lowest BCUT2D eigenvalue weighted by Crippen LogP contribution is -2.34. The van der Waals surface area contributed by atoms with Crippen molar-refractivity contribution in [2.75, 3.05) is 25.0 Å². The average Bonchev–Trinajstić information content (AvgIpc) is 3.24. The SMILES string of the molecule is CCCN(CC1CC1)C(=O)c1cc(Cl)ccc1NCC. The minimum atomic E-state index is 0.0946. The van der Waals surface area contributed by atoms with Gasteiger partial charge in [0.2, 0.25) is 0 Å². The molecule has 1 saturated carbocycles. The number of rotatable bonds is 7. The molecule has 0 spiro atoms. The van der Waals surface area contributed by atoms with Crippen molar-refractivity contribution in [3.8, 4) is 0 Å². The van der Waals surface area contributed by atoms with Crippen LogP contribution in [0.5, 0.6) is 0 Å². The molecule has 3 nitrogen and oxygen atoms in total. The Balaban J connectivity index is 2.21. The van der Waals surface area contributed by atoms with E-state index >= 15 is 0 Å². The molecule has 0 heterocycles. The smallest absolute Gasteiger partial charge is 0.256 e. The minimum absolute atomic E-state index is 0.0946. The molecule has 1 aliphatic rings. The number of carbonyl (C=O) groups excluding carboxylic acids is 1. The first-order chi connectivity index (χ1) is 9.65. The summed E-state index contributed by atoms with van der Waals surface area (Å²) in [6.45, 7) is 6.61. The number of benzene rings is 1. The number of nitrogens with zero attached hydrogens (tertiary/aromatic N) is 1. The predicted octanol–water partition coefficient (Wildman–Crippen LogP) is 4.03. The zero-order chi connectivity index (χ0) is 14.5. The summed E-state index contributed by atoms with van der Waals surface area (Å²) in [5.41, 5.74) is 1.56. The van der Waals surface area contributed by atoms with Crippen LogP contribution in [-0.2, 0) is 0 Å². The Kier molecular flexibility index (Phi) is 5.30. The molecule has 2 rings (SSSR count). The van der Waals surface area contributed by atoms with Crippen molar-refractivity contribution in [2.45, 2.75) is 33.1 Å². The molecular weight excluding hydrogens is 272 g/mol. The highest BCUT2D eigenvalue weighted by molar-refractivity contribution is 6.31. The summed E-state index contributed by atoms with van der Waals surface area (Å²) in [7, 11) is 0. The maximum absolute atomic E-state index is 12.8. The molecule has 0 radical (unpaired) electrons. The van der Waals surface area contributed by atoms with Gasteiger partial charge in [-0.1, -0.05) is 18.5 Å². The molecule has 110 valence electrons. The normalized spacial score (nSPS) is 14.2. The van der Waals surface area contributed by atoms with E-state index in [4.69, 9.17) is 11.6 Å². The van der Waals surface area contributed by atoms with E-state index in [2.05, 4.69) is 12.2 Å². The number of carbonyl (C=O) groups is 1. The third-order valence-electron chi connectivity index (χ3n) is 3.54. The van der Waals surface area contributed by atoms with E-state index in [0.717, 1.165) is 31.7 Å². The van der Waals surface area contributed by atoms with E-state index < -0.39 is 0 Å². The average molecular weight is 295 g/mol. The maximum Gasteiger partial charge on any atom is 0.256 e. The van der Waals surface area contributed by atoms with Gasteiger partial charge in [0.15, 0.2) is 0 Å². The van der Waals surface area contributed by atoms with Gasteiger partial charge < -0.3 is 10.2 Å². The highest BCUT2D eigenvalue weighted by Crippen LogP contribution is 2.31. The molecule has 0 unspecified atom stereocenters. The first kappa shape index (κ1) is 15.2. The fourth-order valence-electron chi connectivity index (χ4n) is 2.37. The Morgan fingerprint density at radius 1 is 1.40 bits per heavy atom. The summed E-state index contributed by atoms with van der Waals surface area (Å²) in [6.07, 6.45) is 3.49. The number of anilines is 1. The quantitative estimate of drug-likeness (QED) is 0.823. The lowest BCUT2D eigenvalue weighted by atomic mass is 10.1. The van der Waals surface area contributed by atoms with E-state index in [1.54, 1.807) is 6.07 Å². The molecule has 1 aromatic rings. The van der Waals surface area contributed by atoms with Crippen LogP contribution in [0.3, 0.4) is 0 Å². The van der Waals surface area contributed by atoms with Crippen molar-refractivity contribution in [2.24, 2.45) is 5.92 Å². The molecule has 0 atom stereocenters. The molecule has 0 aliphatic heterocycles. The van der Waals surface area contributed by atoms with Crippen molar-refractivity contribution in [3.63, 3.8) is 0 Å². The second kappa shape index (κ2) is 6.98. The molecule has 1 aromatic carbocycles. The van der Waals surface area contributed by atoms with Crippen LogP contribution in [-0.4, -0.2) is 30.4 Å². The van der Waals surface area contributed by atoms with Crippen molar-refractivity contribution < 1.29 is 4.79 Å². The fourth-order valence-corrected chi connectivity index (χ4v) is 2.54. The van der Waals surface area contributed by atoms with Gasteiger partial charge in [0.1, 0.15) is 0 Å². The molecule has 1 N–H and O–H groups in total.